The largest absolute Gasteiger partial charge is 0.507 e. The number of carbonyl (C=O) groups excluding carboxylic acids is 1. The second-order valence-electron chi connectivity index (χ2n) is 4.58. The van der Waals surface area contributed by atoms with Gasteiger partial charge in [0.1, 0.15) is 11.4 Å². The Morgan fingerprint density at radius 3 is 2.22 bits per heavy atom. The number of benzene rings is 2. The Bertz CT molecular complexity index is 797. The number of aromatic hydroxyl groups is 3. The molecule has 0 fully saturated rings. The molecule has 0 saturated heterocycles. The maximum atomic E-state index is 12.0. The van der Waals surface area contributed by atoms with Crippen LogP contribution < -0.4 is 5.32 Å². The molecule has 0 aliphatic carbocycles. The molecule has 0 aliphatic rings. The predicted molar refractivity (Wildman–Crippen MR) is 81.0 cm³/mol. The van der Waals surface area contributed by atoms with Crippen LogP contribution in [0.3, 0.4) is 0 Å². The van der Waals surface area contributed by atoms with Crippen molar-refractivity contribution in [1.29, 1.82) is 0 Å². The number of carboxylic acids is 1. The normalized spacial score (nSPS) is 11.0. The van der Waals surface area contributed by atoms with E-state index < -0.39 is 23.3 Å². The minimum atomic E-state index is -1.40. The fourth-order valence-electron chi connectivity index (χ4n) is 1.80. The van der Waals surface area contributed by atoms with Crippen LogP contribution in [0, 0.1) is 0 Å². The lowest BCUT2D eigenvalue weighted by molar-refractivity contribution is -0.132. The molecule has 0 radical (unpaired) electrons. The van der Waals surface area contributed by atoms with Gasteiger partial charge in [0.25, 0.3) is 5.91 Å². The molecule has 0 atom stereocenters. The van der Waals surface area contributed by atoms with Crippen molar-refractivity contribution in [2.75, 3.05) is 0 Å². The van der Waals surface area contributed by atoms with E-state index in [-0.39, 0.29) is 22.6 Å². The number of nitrogens with one attached hydrogen (secondary N) is 1. The summed E-state index contributed by atoms with van der Waals surface area (Å²) >= 11 is 0. The molecule has 7 heteroatoms. The van der Waals surface area contributed by atoms with Gasteiger partial charge in [-0.1, -0.05) is 18.2 Å². The summed E-state index contributed by atoms with van der Waals surface area (Å²) in [5, 5.41) is 39.6. The van der Waals surface area contributed by atoms with Gasteiger partial charge in [-0.05, 0) is 35.9 Å². The van der Waals surface area contributed by atoms with E-state index in [9.17, 15) is 24.9 Å². The Labute approximate surface area is 130 Å². The summed E-state index contributed by atoms with van der Waals surface area (Å²) in [6.45, 7) is 0. The maximum absolute atomic E-state index is 12.0. The summed E-state index contributed by atoms with van der Waals surface area (Å²) in [6, 6.07) is 9.39. The van der Waals surface area contributed by atoms with E-state index in [1.165, 1.54) is 36.4 Å². The summed E-state index contributed by atoms with van der Waals surface area (Å²) in [5.41, 5.74) is -0.271. The number of carbonyl (C=O) groups is 2. The van der Waals surface area contributed by atoms with Gasteiger partial charge in [0.05, 0.1) is 5.56 Å². The molecule has 2 aromatic rings. The third-order valence-corrected chi connectivity index (χ3v) is 2.94. The first kappa shape index (κ1) is 15.9. The number of rotatable bonds is 4. The van der Waals surface area contributed by atoms with Crippen molar-refractivity contribution in [1.82, 2.24) is 5.32 Å². The summed E-state index contributed by atoms with van der Waals surface area (Å²) in [7, 11) is 0. The van der Waals surface area contributed by atoms with Crippen LogP contribution in [-0.4, -0.2) is 32.3 Å². The molecule has 5 N–H and O–H groups in total. The minimum Gasteiger partial charge on any atom is -0.507 e. The number of para-hydroxylation sites is 1. The molecule has 23 heavy (non-hydrogen) atoms. The zero-order valence-corrected chi connectivity index (χ0v) is 11.7. The zero-order chi connectivity index (χ0) is 17.0. The number of aliphatic carboxylic acids is 1. The molecule has 2 aromatic carbocycles. The van der Waals surface area contributed by atoms with E-state index in [0.717, 1.165) is 12.1 Å². The van der Waals surface area contributed by atoms with Crippen LogP contribution in [0.25, 0.3) is 6.08 Å². The Kier molecular flexibility index (Phi) is 4.51. The quantitative estimate of drug-likeness (QED) is 0.431. The molecular weight excluding hydrogens is 302 g/mol. The lowest BCUT2D eigenvalue weighted by Crippen LogP contribution is -2.27. The molecular formula is C16H13NO6. The first-order valence-corrected chi connectivity index (χ1v) is 6.45. The average Bonchev–Trinajstić information content (AvgIpc) is 2.50. The van der Waals surface area contributed by atoms with E-state index in [1.807, 2.05) is 0 Å². The molecule has 0 aliphatic heterocycles. The predicted octanol–water partition coefficient (Wildman–Crippen LogP) is 1.66. The minimum absolute atomic E-state index is 0.0757. The Hall–Kier alpha value is -3.48. The van der Waals surface area contributed by atoms with E-state index in [0.29, 0.717) is 0 Å². The van der Waals surface area contributed by atoms with Crippen molar-refractivity contribution < 1.29 is 30.0 Å². The van der Waals surface area contributed by atoms with Crippen LogP contribution in [0.5, 0.6) is 17.2 Å². The van der Waals surface area contributed by atoms with E-state index in [4.69, 9.17) is 5.11 Å². The van der Waals surface area contributed by atoms with Crippen molar-refractivity contribution in [3.05, 3.63) is 59.3 Å². The number of hydrogen-bond donors (Lipinski definition) is 5. The van der Waals surface area contributed by atoms with Gasteiger partial charge in [-0.2, -0.15) is 0 Å². The van der Waals surface area contributed by atoms with Crippen LogP contribution in [0.4, 0.5) is 0 Å². The number of phenols is 3. The first-order chi connectivity index (χ1) is 10.9. The highest BCUT2D eigenvalue weighted by Gasteiger charge is 2.16. The Morgan fingerprint density at radius 1 is 0.913 bits per heavy atom. The van der Waals surface area contributed by atoms with Crippen molar-refractivity contribution in [2.45, 2.75) is 0 Å². The third kappa shape index (κ3) is 3.79. The number of phenolic OH excluding ortho intramolecular Hbond substituents is 3. The molecule has 0 saturated carbocycles. The Morgan fingerprint density at radius 2 is 1.61 bits per heavy atom. The molecule has 0 heterocycles. The van der Waals surface area contributed by atoms with E-state index >= 15 is 0 Å². The van der Waals surface area contributed by atoms with Crippen LogP contribution >= 0.6 is 0 Å². The van der Waals surface area contributed by atoms with Crippen molar-refractivity contribution in [3.63, 3.8) is 0 Å². The highest BCUT2D eigenvalue weighted by atomic mass is 16.4. The number of amides is 1. The monoisotopic (exact) mass is 315 g/mol. The van der Waals surface area contributed by atoms with Crippen LogP contribution in [0.1, 0.15) is 15.9 Å². The highest BCUT2D eigenvalue weighted by Crippen LogP contribution is 2.26. The average molecular weight is 315 g/mol. The standard InChI is InChI=1S/C16H13NO6/c18-12-4-2-1-3-10(12)15(21)17-11(16(22)23)7-9-5-6-13(19)14(20)8-9/h1-8,18-20H,(H,17,21)(H,22,23)/b11-7-. The SMILES string of the molecule is O=C(O)/C(=C/c1ccc(O)c(O)c1)NC(=O)c1ccccc1O. The molecule has 118 valence electrons. The van der Waals surface area contributed by atoms with Gasteiger partial charge in [-0.3, -0.25) is 4.79 Å². The summed E-state index contributed by atoms with van der Waals surface area (Å²) in [4.78, 5) is 23.3. The smallest absolute Gasteiger partial charge is 0.352 e. The molecule has 0 aromatic heterocycles. The van der Waals surface area contributed by atoms with Crippen molar-refractivity contribution >= 4 is 18.0 Å². The van der Waals surface area contributed by atoms with Gasteiger partial charge >= 0.3 is 5.97 Å². The second-order valence-corrected chi connectivity index (χ2v) is 4.58. The molecule has 7 nitrogen and oxygen atoms in total. The fraction of sp³-hybridized carbons (Fsp3) is 0. The summed E-state index contributed by atoms with van der Waals surface area (Å²) < 4.78 is 0. The maximum Gasteiger partial charge on any atom is 0.352 e. The van der Waals surface area contributed by atoms with Gasteiger partial charge in [0.2, 0.25) is 0 Å². The second kappa shape index (κ2) is 6.52. The van der Waals surface area contributed by atoms with Crippen LogP contribution in [-0.2, 0) is 4.79 Å². The topological polar surface area (TPSA) is 127 Å². The zero-order valence-electron chi connectivity index (χ0n) is 11.7. The molecule has 0 bridgehead atoms. The van der Waals surface area contributed by atoms with Crippen LogP contribution in [0.2, 0.25) is 0 Å². The van der Waals surface area contributed by atoms with Gasteiger partial charge in [0.15, 0.2) is 11.5 Å². The summed E-state index contributed by atoms with van der Waals surface area (Å²) in [6.07, 6.45) is 1.11. The first-order valence-electron chi connectivity index (χ1n) is 6.45. The fourth-order valence-corrected chi connectivity index (χ4v) is 1.80. The number of hydrogen-bond acceptors (Lipinski definition) is 5. The molecule has 1 amide bonds. The molecule has 2 rings (SSSR count). The molecule has 0 unspecified atom stereocenters. The van der Waals surface area contributed by atoms with Gasteiger partial charge in [-0.15, -0.1) is 0 Å². The van der Waals surface area contributed by atoms with E-state index in [1.54, 1.807) is 0 Å². The molecule has 0 spiro atoms. The van der Waals surface area contributed by atoms with Gasteiger partial charge < -0.3 is 25.7 Å². The van der Waals surface area contributed by atoms with E-state index in [2.05, 4.69) is 5.32 Å². The van der Waals surface area contributed by atoms with Gasteiger partial charge in [-0.25, -0.2) is 4.79 Å². The number of carboxylic acid groups (broad SMARTS) is 1. The lowest BCUT2D eigenvalue weighted by Gasteiger charge is -2.08. The van der Waals surface area contributed by atoms with Crippen molar-refractivity contribution in [3.8, 4) is 17.2 Å². The third-order valence-electron chi connectivity index (χ3n) is 2.94. The highest BCUT2D eigenvalue weighted by molar-refractivity contribution is 6.04. The lowest BCUT2D eigenvalue weighted by atomic mass is 10.1. The Balaban J connectivity index is 2.30. The van der Waals surface area contributed by atoms with Crippen LogP contribution in [0.15, 0.2) is 48.2 Å². The van der Waals surface area contributed by atoms with Crippen molar-refractivity contribution in [2.24, 2.45) is 0 Å². The summed E-state index contributed by atoms with van der Waals surface area (Å²) in [5.74, 6) is -3.24. The van der Waals surface area contributed by atoms with Gasteiger partial charge in [0, 0.05) is 0 Å².